The second-order valence-corrected chi connectivity index (χ2v) is 7.80. The number of carbonyl (C=O) groups is 1. The molecule has 2 heterocycles. The molecule has 2 aromatic heterocycles. The maximum absolute atomic E-state index is 11.1. The Kier molecular flexibility index (Phi) is 5.64. The van der Waals surface area contributed by atoms with E-state index in [0.29, 0.717) is 17.9 Å². The summed E-state index contributed by atoms with van der Waals surface area (Å²) in [6, 6.07) is 26.0. The number of carbonyl (C=O) groups excluding carboxylic acids is 1. The van der Waals surface area contributed by atoms with Crippen LogP contribution in [0.2, 0.25) is 0 Å². The number of ether oxygens (including phenoxy) is 1. The number of hydrogen-bond acceptors (Lipinski definition) is 5. The number of esters is 1. The van der Waals surface area contributed by atoms with Gasteiger partial charge in [-0.2, -0.15) is 0 Å². The molecule has 0 amide bonds. The van der Waals surface area contributed by atoms with E-state index >= 15 is 0 Å². The van der Waals surface area contributed by atoms with Crippen LogP contribution in [0, 0.1) is 0 Å². The number of fused-ring (bicyclic) bond motifs is 1. The van der Waals surface area contributed by atoms with Crippen molar-refractivity contribution in [1.29, 1.82) is 0 Å². The molecule has 33 heavy (non-hydrogen) atoms. The van der Waals surface area contributed by atoms with Gasteiger partial charge in [-0.05, 0) is 17.2 Å². The first-order valence-corrected chi connectivity index (χ1v) is 10.7. The van der Waals surface area contributed by atoms with Gasteiger partial charge in [0.15, 0.2) is 5.82 Å². The van der Waals surface area contributed by atoms with Gasteiger partial charge in [-0.25, -0.2) is 4.98 Å². The Hall–Kier alpha value is -4.32. The van der Waals surface area contributed by atoms with E-state index in [1.807, 2.05) is 72.9 Å². The first-order chi connectivity index (χ1) is 16.2. The summed E-state index contributed by atoms with van der Waals surface area (Å²) in [6.07, 6.45) is 2.59. The average molecular weight is 434 g/mol. The summed E-state index contributed by atoms with van der Waals surface area (Å²) >= 11 is 0. The lowest BCUT2D eigenvalue weighted by Gasteiger charge is -2.10. The summed E-state index contributed by atoms with van der Waals surface area (Å²) in [7, 11) is 0. The van der Waals surface area contributed by atoms with Gasteiger partial charge in [-0.15, -0.1) is 10.2 Å². The predicted octanol–water partition coefficient (Wildman–Crippen LogP) is 5.34. The van der Waals surface area contributed by atoms with Crippen molar-refractivity contribution in [2.75, 3.05) is 0 Å². The summed E-state index contributed by atoms with van der Waals surface area (Å²) < 4.78 is 5.08. The molecular formula is C27H22N4O2. The van der Waals surface area contributed by atoms with Crippen LogP contribution >= 0.6 is 0 Å². The lowest BCUT2D eigenvalue weighted by Crippen LogP contribution is -2.04. The van der Waals surface area contributed by atoms with E-state index in [4.69, 9.17) is 9.72 Å². The quantitative estimate of drug-likeness (QED) is 0.365. The monoisotopic (exact) mass is 434 g/mol. The van der Waals surface area contributed by atoms with Crippen LogP contribution in [0.1, 0.15) is 23.9 Å². The molecule has 0 bridgehead atoms. The minimum atomic E-state index is -0.300. The zero-order chi connectivity index (χ0) is 22.6. The Balaban J connectivity index is 1.51. The highest BCUT2D eigenvalue weighted by Crippen LogP contribution is 2.29. The van der Waals surface area contributed by atoms with E-state index in [9.17, 15) is 4.79 Å². The van der Waals surface area contributed by atoms with E-state index in [0.717, 1.165) is 38.9 Å². The second kappa shape index (κ2) is 9.04. The van der Waals surface area contributed by atoms with Crippen molar-refractivity contribution in [1.82, 2.24) is 20.2 Å². The number of aromatic nitrogens is 4. The lowest BCUT2D eigenvalue weighted by molar-refractivity contribution is -0.142. The standard InChI is InChI=1S/C27H22N4O2/c1-18(32)33-17-19-11-13-21(14-12-19)27-26(20-7-3-2-4-8-20)29-25(30-31-27)15-22-16-28-24-10-6-5-9-23(22)24/h2-14,16,28H,15,17H2,1H3. The van der Waals surface area contributed by atoms with Crippen LogP contribution in [-0.2, 0) is 22.6 Å². The van der Waals surface area contributed by atoms with E-state index < -0.39 is 0 Å². The van der Waals surface area contributed by atoms with Gasteiger partial charge in [0.05, 0.1) is 0 Å². The van der Waals surface area contributed by atoms with Crippen LogP contribution in [0.15, 0.2) is 85.1 Å². The number of nitrogens with one attached hydrogen (secondary N) is 1. The summed E-state index contributed by atoms with van der Waals surface area (Å²) in [5.74, 6) is 0.361. The zero-order valence-electron chi connectivity index (χ0n) is 18.2. The maximum atomic E-state index is 11.1. The molecule has 0 radical (unpaired) electrons. The summed E-state index contributed by atoms with van der Waals surface area (Å²) in [4.78, 5) is 19.3. The Bertz CT molecular complexity index is 1410. The first-order valence-electron chi connectivity index (χ1n) is 10.7. The fourth-order valence-corrected chi connectivity index (χ4v) is 3.82. The van der Waals surface area contributed by atoms with Gasteiger partial charge in [0.1, 0.15) is 18.0 Å². The number of H-pyrrole nitrogens is 1. The van der Waals surface area contributed by atoms with Crippen LogP contribution in [-0.4, -0.2) is 26.1 Å². The van der Waals surface area contributed by atoms with Crippen LogP contribution < -0.4 is 0 Å². The maximum Gasteiger partial charge on any atom is 0.302 e. The number of aromatic amines is 1. The zero-order valence-corrected chi connectivity index (χ0v) is 18.2. The van der Waals surface area contributed by atoms with E-state index in [1.165, 1.54) is 6.92 Å². The molecule has 0 fully saturated rings. The average Bonchev–Trinajstić information content (AvgIpc) is 3.26. The van der Waals surface area contributed by atoms with Crippen molar-refractivity contribution in [3.05, 3.63) is 102 Å². The third-order valence-electron chi connectivity index (χ3n) is 5.47. The Labute approximate surface area is 191 Å². The van der Waals surface area contributed by atoms with Crippen molar-refractivity contribution in [3.8, 4) is 22.5 Å². The van der Waals surface area contributed by atoms with Gasteiger partial charge in [0.25, 0.3) is 0 Å². The highest BCUT2D eigenvalue weighted by atomic mass is 16.5. The highest BCUT2D eigenvalue weighted by molar-refractivity contribution is 5.83. The Morgan fingerprint density at radius 2 is 1.58 bits per heavy atom. The fourth-order valence-electron chi connectivity index (χ4n) is 3.82. The number of benzene rings is 3. The second-order valence-electron chi connectivity index (χ2n) is 7.80. The van der Waals surface area contributed by atoms with Crippen LogP contribution in [0.4, 0.5) is 0 Å². The topological polar surface area (TPSA) is 80.8 Å². The molecule has 6 nitrogen and oxygen atoms in total. The molecule has 5 aromatic rings. The Morgan fingerprint density at radius 1 is 0.848 bits per heavy atom. The predicted molar refractivity (Wildman–Crippen MR) is 127 cm³/mol. The van der Waals surface area contributed by atoms with Crippen molar-refractivity contribution in [2.45, 2.75) is 20.0 Å². The summed E-state index contributed by atoms with van der Waals surface area (Å²) in [5, 5.41) is 10.2. The first kappa shape index (κ1) is 20.6. The van der Waals surface area contributed by atoms with E-state index in [1.54, 1.807) is 0 Å². The molecule has 0 aliphatic carbocycles. The SMILES string of the molecule is CC(=O)OCc1ccc(-c2nnc(Cc3c[nH]c4ccccc34)nc2-c2ccccc2)cc1. The third-order valence-corrected chi connectivity index (χ3v) is 5.47. The minimum absolute atomic E-state index is 0.245. The molecule has 0 aliphatic rings. The largest absolute Gasteiger partial charge is 0.461 e. The smallest absolute Gasteiger partial charge is 0.302 e. The lowest BCUT2D eigenvalue weighted by atomic mass is 10.0. The van der Waals surface area contributed by atoms with Gasteiger partial charge < -0.3 is 9.72 Å². The van der Waals surface area contributed by atoms with E-state index in [-0.39, 0.29) is 12.6 Å². The number of hydrogen-bond donors (Lipinski definition) is 1. The third kappa shape index (κ3) is 4.50. The molecule has 0 saturated carbocycles. The van der Waals surface area contributed by atoms with Gasteiger partial charge in [0, 0.05) is 41.6 Å². The molecule has 3 aromatic carbocycles. The molecule has 5 rings (SSSR count). The van der Waals surface area contributed by atoms with Crippen molar-refractivity contribution in [2.24, 2.45) is 0 Å². The molecule has 0 saturated heterocycles. The van der Waals surface area contributed by atoms with Crippen molar-refractivity contribution >= 4 is 16.9 Å². The molecule has 6 heteroatoms. The van der Waals surface area contributed by atoms with Crippen molar-refractivity contribution < 1.29 is 9.53 Å². The van der Waals surface area contributed by atoms with Crippen molar-refractivity contribution in [3.63, 3.8) is 0 Å². The molecule has 1 N–H and O–H groups in total. The van der Waals surface area contributed by atoms with Crippen LogP contribution in [0.3, 0.4) is 0 Å². The summed E-state index contributed by atoms with van der Waals surface area (Å²) in [5.41, 5.74) is 6.51. The minimum Gasteiger partial charge on any atom is -0.461 e. The van der Waals surface area contributed by atoms with Crippen LogP contribution in [0.5, 0.6) is 0 Å². The molecule has 162 valence electrons. The number of nitrogens with zero attached hydrogens (tertiary/aromatic N) is 3. The van der Waals surface area contributed by atoms with Gasteiger partial charge >= 0.3 is 5.97 Å². The fraction of sp³-hybridized carbons (Fsp3) is 0.111. The Morgan fingerprint density at radius 3 is 2.36 bits per heavy atom. The highest BCUT2D eigenvalue weighted by Gasteiger charge is 2.15. The normalized spacial score (nSPS) is 10.9. The molecular weight excluding hydrogens is 412 g/mol. The molecule has 0 aliphatic heterocycles. The summed E-state index contributed by atoms with van der Waals surface area (Å²) in [6.45, 7) is 1.65. The molecule has 0 atom stereocenters. The number of para-hydroxylation sites is 1. The van der Waals surface area contributed by atoms with Gasteiger partial charge in [-0.3, -0.25) is 4.79 Å². The van der Waals surface area contributed by atoms with E-state index in [2.05, 4.69) is 27.3 Å². The van der Waals surface area contributed by atoms with Gasteiger partial charge in [-0.1, -0.05) is 72.8 Å². The molecule has 0 unspecified atom stereocenters. The van der Waals surface area contributed by atoms with Gasteiger partial charge in [0.2, 0.25) is 0 Å². The number of rotatable bonds is 6. The molecule has 0 spiro atoms. The van der Waals surface area contributed by atoms with Crippen LogP contribution in [0.25, 0.3) is 33.4 Å².